The maximum Gasteiger partial charge on any atom is 0.251 e. The van der Waals surface area contributed by atoms with E-state index in [9.17, 15) is 4.79 Å². The SMILES string of the molecule is COc1ccc(C(C)NC(=O)c2ccc3c(N4CCN(C)CC4)nc(N)nc3c2)cc1. The van der Waals surface area contributed by atoms with Gasteiger partial charge in [0.25, 0.3) is 5.91 Å². The third kappa shape index (κ3) is 4.54. The van der Waals surface area contributed by atoms with Crippen molar-refractivity contribution in [1.82, 2.24) is 20.2 Å². The molecule has 1 aliphatic heterocycles. The number of ether oxygens (including phenoxy) is 1. The van der Waals surface area contributed by atoms with E-state index >= 15 is 0 Å². The molecule has 162 valence electrons. The summed E-state index contributed by atoms with van der Waals surface area (Å²) >= 11 is 0. The molecule has 8 nitrogen and oxygen atoms in total. The van der Waals surface area contributed by atoms with E-state index < -0.39 is 0 Å². The molecule has 0 spiro atoms. The van der Waals surface area contributed by atoms with Gasteiger partial charge in [-0.2, -0.15) is 4.98 Å². The zero-order chi connectivity index (χ0) is 22.0. The highest BCUT2D eigenvalue weighted by Gasteiger charge is 2.20. The van der Waals surface area contributed by atoms with Crippen molar-refractivity contribution < 1.29 is 9.53 Å². The third-order valence-electron chi connectivity index (χ3n) is 5.72. The number of nitrogens with one attached hydrogen (secondary N) is 1. The normalized spacial score (nSPS) is 15.6. The molecule has 4 rings (SSSR count). The zero-order valence-electron chi connectivity index (χ0n) is 18.1. The van der Waals surface area contributed by atoms with Crippen molar-refractivity contribution >= 4 is 28.6 Å². The van der Waals surface area contributed by atoms with Crippen molar-refractivity contribution in [3.05, 3.63) is 53.6 Å². The zero-order valence-corrected chi connectivity index (χ0v) is 18.1. The van der Waals surface area contributed by atoms with Crippen molar-refractivity contribution in [3.8, 4) is 5.75 Å². The number of anilines is 2. The minimum atomic E-state index is -0.163. The number of nitrogens with two attached hydrogens (primary N) is 1. The number of methoxy groups -OCH3 is 1. The van der Waals surface area contributed by atoms with Crippen LogP contribution in [0.25, 0.3) is 10.9 Å². The van der Waals surface area contributed by atoms with Gasteiger partial charge in [-0.3, -0.25) is 4.79 Å². The van der Waals surface area contributed by atoms with Crippen molar-refractivity contribution in [3.63, 3.8) is 0 Å². The number of piperazine rings is 1. The van der Waals surface area contributed by atoms with E-state index in [0.29, 0.717) is 11.1 Å². The molecule has 2 heterocycles. The number of amides is 1. The highest BCUT2D eigenvalue weighted by atomic mass is 16.5. The molecule has 0 saturated carbocycles. The van der Waals surface area contributed by atoms with Gasteiger partial charge < -0.3 is 25.6 Å². The van der Waals surface area contributed by atoms with Gasteiger partial charge in [0.2, 0.25) is 5.95 Å². The van der Waals surface area contributed by atoms with Gasteiger partial charge in [-0.1, -0.05) is 12.1 Å². The highest BCUT2D eigenvalue weighted by molar-refractivity contribution is 6.00. The first kappa shape index (κ1) is 20.9. The quantitative estimate of drug-likeness (QED) is 0.654. The lowest BCUT2D eigenvalue weighted by Crippen LogP contribution is -2.45. The molecule has 3 N–H and O–H groups in total. The van der Waals surface area contributed by atoms with E-state index in [1.165, 1.54) is 0 Å². The van der Waals surface area contributed by atoms with Gasteiger partial charge in [-0.15, -0.1) is 0 Å². The Kier molecular flexibility index (Phi) is 5.90. The highest BCUT2D eigenvalue weighted by Crippen LogP contribution is 2.27. The van der Waals surface area contributed by atoms with Crippen molar-refractivity contribution in [2.75, 3.05) is 51.0 Å². The summed E-state index contributed by atoms with van der Waals surface area (Å²) < 4.78 is 5.19. The van der Waals surface area contributed by atoms with Gasteiger partial charge in [-0.05, 0) is 49.9 Å². The molecular weight excluding hydrogens is 392 g/mol. The summed E-state index contributed by atoms with van der Waals surface area (Å²) in [6.07, 6.45) is 0. The van der Waals surface area contributed by atoms with Crippen LogP contribution in [0.4, 0.5) is 11.8 Å². The lowest BCUT2D eigenvalue weighted by atomic mass is 10.1. The maximum absolute atomic E-state index is 12.9. The molecule has 1 atom stereocenters. The Morgan fingerprint density at radius 1 is 1.10 bits per heavy atom. The van der Waals surface area contributed by atoms with Crippen LogP contribution in [-0.2, 0) is 0 Å². The van der Waals surface area contributed by atoms with E-state index in [1.54, 1.807) is 13.2 Å². The van der Waals surface area contributed by atoms with E-state index in [4.69, 9.17) is 10.5 Å². The number of hydrogen-bond acceptors (Lipinski definition) is 7. The van der Waals surface area contributed by atoms with Crippen LogP contribution >= 0.6 is 0 Å². The molecule has 0 aliphatic carbocycles. The van der Waals surface area contributed by atoms with Crippen LogP contribution < -0.4 is 20.7 Å². The van der Waals surface area contributed by atoms with Crippen LogP contribution in [0.15, 0.2) is 42.5 Å². The molecule has 1 saturated heterocycles. The van der Waals surface area contributed by atoms with Crippen molar-refractivity contribution in [2.45, 2.75) is 13.0 Å². The molecule has 1 aliphatic rings. The van der Waals surface area contributed by atoms with Crippen molar-refractivity contribution in [1.29, 1.82) is 0 Å². The fraction of sp³-hybridized carbons (Fsp3) is 0.348. The molecule has 1 aromatic heterocycles. The molecule has 8 heteroatoms. The van der Waals surface area contributed by atoms with Crippen LogP contribution in [0.2, 0.25) is 0 Å². The number of nitrogens with zero attached hydrogens (tertiary/aromatic N) is 4. The number of fused-ring (bicyclic) bond motifs is 1. The Morgan fingerprint density at radius 3 is 2.48 bits per heavy atom. The smallest absolute Gasteiger partial charge is 0.251 e. The van der Waals surface area contributed by atoms with Gasteiger partial charge in [-0.25, -0.2) is 4.98 Å². The summed E-state index contributed by atoms with van der Waals surface area (Å²) in [4.78, 5) is 26.3. The first-order valence-corrected chi connectivity index (χ1v) is 10.4. The number of nitrogen functional groups attached to an aromatic ring is 1. The van der Waals surface area contributed by atoms with Gasteiger partial charge in [0, 0.05) is 37.1 Å². The number of carbonyl (C=O) groups is 1. The largest absolute Gasteiger partial charge is 0.497 e. The monoisotopic (exact) mass is 420 g/mol. The van der Waals surface area contributed by atoms with E-state index in [0.717, 1.165) is 48.7 Å². The summed E-state index contributed by atoms with van der Waals surface area (Å²) in [5, 5.41) is 3.94. The second-order valence-electron chi connectivity index (χ2n) is 7.90. The molecule has 1 amide bonds. The van der Waals surface area contributed by atoms with E-state index in [2.05, 4.69) is 32.1 Å². The minimum absolute atomic E-state index is 0.148. The first-order valence-electron chi connectivity index (χ1n) is 10.4. The number of benzene rings is 2. The molecule has 1 fully saturated rings. The fourth-order valence-electron chi connectivity index (χ4n) is 3.79. The lowest BCUT2D eigenvalue weighted by Gasteiger charge is -2.33. The van der Waals surface area contributed by atoms with Gasteiger partial charge in [0.15, 0.2) is 0 Å². The van der Waals surface area contributed by atoms with Gasteiger partial charge in [0.05, 0.1) is 18.7 Å². The van der Waals surface area contributed by atoms with Gasteiger partial charge in [0.1, 0.15) is 11.6 Å². The van der Waals surface area contributed by atoms with E-state index in [1.807, 2.05) is 43.3 Å². The predicted octanol–water partition coefficient (Wildman–Crippen LogP) is 2.46. The lowest BCUT2D eigenvalue weighted by molar-refractivity contribution is 0.0940. The summed E-state index contributed by atoms with van der Waals surface area (Å²) in [5.74, 6) is 1.66. The Morgan fingerprint density at radius 2 is 1.81 bits per heavy atom. The Bertz CT molecular complexity index is 1080. The topological polar surface area (TPSA) is 96.6 Å². The van der Waals surface area contributed by atoms with Gasteiger partial charge >= 0.3 is 0 Å². The third-order valence-corrected chi connectivity index (χ3v) is 5.72. The Balaban J connectivity index is 1.56. The molecular formula is C23H28N6O2. The average Bonchev–Trinajstić information content (AvgIpc) is 2.78. The fourth-order valence-corrected chi connectivity index (χ4v) is 3.79. The standard InChI is InChI=1S/C23H28N6O2/c1-15(16-4-7-18(31-3)8-5-16)25-22(30)17-6-9-19-20(14-17)26-23(24)27-21(19)29-12-10-28(2)11-13-29/h4-9,14-15H,10-13H2,1-3H3,(H,25,30)(H2,24,26,27). The summed E-state index contributed by atoms with van der Waals surface area (Å²) in [6, 6.07) is 13.0. The van der Waals surface area contributed by atoms with Crippen LogP contribution in [0.3, 0.4) is 0 Å². The molecule has 0 bridgehead atoms. The Labute approximate surface area is 182 Å². The number of aromatic nitrogens is 2. The Hall–Kier alpha value is -3.39. The number of hydrogen-bond donors (Lipinski definition) is 2. The molecule has 31 heavy (non-hydrogen) atoms. The summed E-state index contributed by atoms with van der Waals surface area (Å²) in [6.45, 7) is 5.64. The number of carbonyl (C=O) groups excluding carboxylic acids is 1. The maximum atomic E-state index is 12.9. The molecule has 3 aromatic rings. The summed E-state index contributed by atoms with van der Waals surface area (Å²) in [5.41, 5.74) is 8.20. The number of likely N-dealkylation sites (N-methyl/N-ethyl adjacent to an activating group) is 1. The van der Waals surface area contributed by atoms with Crippen LogP contribution in [0, 0.1) is 0 Å². The molecule has 0 radical (unpaired) electrons. The van der Waals surface area contributed by atoms with Crippen LogP contribution in [0.5, 0.6) is 5.75 Å². The summed E-state index contributed by atoms with van der Waals surface area (Å²) in [7, 11) is 3.74. The second kappa shape index (κ2) is 8.77. The number of rotatable bonds is 5. The second-order valence-corrected chi connectivity index (χ2v) is 7.90. The first-order chi connectivity index (χ1) is 14.9. The van der Waals surface area contributed by atoms with E-state index in [-0.39, 0.29) is 17.9 Å². The predicted molar refractivity (Wildman–Crippen MR) is 123 cm³/mol. The van der Waals surface area contributed by atoms with Crippen molar-refractivity contribution in [2.24, 2.45) is 0 Å². The average molecular weight is 421 g/mol. The van der Waals surface area contributed by atoms with Crippen LogP contribution in [0.1, 0.15) is 28.9 Å². The minimum Gasteiger partial charge on any atom is -0.497 e. The molecule has 2 aromatic carbocycles. The molecule has 1 unspecified atom stereocenters. The van der Waals surface area contributed by atoms with Crippen LogP contribution in [-0.4, -0.2) is 61.1 Å².